The topological polar surface area (TPSA) is 182 Å². The van der Waals surface area contributed by atoms with Crippen LogP contribution in [0.15, 0.2) is 37.1 Å². The van der Waals surface area contributed by atoms with Gasteiger partial charge in [-0.2, -0.15) is 0 Å². The Morgan fingerprint density at radius 1 is 1.18 bits per heavy atom. The molecular formula is C33H42ClN5O9S. The van der Waals surface area contributed by atoms with Crippen molar-refractivity contribution in [1.29, 1.82) is 0 Å². The van der Waals surface area contributed by atoms with E-state index in [1.807, 2.05) is 0 Å². The van der Waals surface area contributed by atoms with Crippen LogP contribution in [-0.4, -0.2) is 90.3 Å². The summed E-state index contributed by atoms with van der Waals surface area (Å²) in [5, 5.41) is 6.28. The van der Waals surface area contributed by atoms with Crippen molar-refractivity contribution in [2.45, 2.75) is 94.9 Å². The summed E-state index contributed by atoms with van der Waals surface area (Å²) in [4.78, 5) is 59.7. The molecule has 3 aliphatic rings. The normalized spacial score (nSPS) is 25.6. The molecule has 16 heteroatoms. The average molecular weight is 720 g/mol. The molecule has 2 aliphatic carbocycles. The zero-order valence-electron chi connectivity index (χ0n) is 28.3. The van der Waals surface area contributed by atoms with Crippen molar-refractivity contribution in [2.75, 3.05) is 13.7 Å². The van der Waals surface area contributed by atoms with E-state index in [-0.39, 0.29) is 25.3 Å². The second-order valence-electron chi connectivity index (χ2n) is 14.0. The number of pyridine rings is 1. The number of methoxy groups -OCH3 is 1. The predicted molar refractivity (Wildman–Crippen MR) is 181 cm³/mol. The first kappa shape index (κ1) is 36.2. The standard InChI is InChI=1S/C33H42ClN5O9S/c1-8-32(6)17-33(32,29(42)38-49(44,45)21-10-11-21)37-26(40)24-14-20(16-39(24)28(41)18(2)36-30(43)48-31(3,4)5)47-27-23-13-19(34)9-12-22(23)25(46-7)15-35-27/h8-9,12-13,15,18,20-21,24H,1,10-11,14,16-17H2,2-7H3,(H,36,43)(H,37,40)(H,38,42)/t18-,20+,24-,32+,33-/m0/s1. The lowest BCUT2D eigenvalue weighted by atomic mass is 10.0. The van der Waals surface area contributed by atoms with E-state index in [1.165, 1.54) is 31.2 Å². The Morgan fingerprint density at radius 3 is 2.47 bits per heavy atom. The average Bonchev–Trinajstić information content (AvgIpc) is 3.92. The number of nitrogens with one attached hydrogen (secondary N) is 3. The molecule has 3 N–H and O–H groups in total. The SMILES string of the molecule is C=C[C@]1(C)C[C@]1(NC(=O)[C@@H]1C[C@@H](Oc2ncc(OC)c3ccc(Cl)cc23)CN1C(=O)[C@H](C)NC(=O)OC(C)(C)C)C(=O)NS(=O)(=O)C1CC1. The van der Waals surface area contributed by atoms with Gasteiger partial charge < -0.3 is 29.7 Å². The zero-order valence-corrected chi connectivity index (χ0v) is 29.9. The minimum atomic E-state index is -3.92. The van der Waals surface area contributed by atoms with Gasteiger partial charge in [-0.3, -0.25) is 19.1 Å². The maximum Gasteiger partial charge on any atom is 0.408 e. The number of halogens is 1. The number of likely N-dealkylation sites (tertiary alicyclic amines) is 1. The third-order valence-electron chi connectivity index (χ3n) is 9.08. The lowest BCUT2D eigenvalue weighted by Crippen LogP contribution is -2.59. The molecule has 14 nitrogen and oxygen atoms in total. The molecule has 1 aromatic carbocycles. The van der Waals surface area contributed by atoms with Crippen molar-refractivity contribution in [3.8, 4) is 11.6 Å². The fraction of sp³-hybridized carbons (Fsp3) is 0.545. The third-order valence-corrected chi connectivity index (χ3v) is 11.1. The lowest BCUT2D eigenvalue weighted by Gasteiger charge is -2.29. The van der Waals surface area contributed by atoms with Crippen molar-refractivity contribution in [3.05, 3.63) is 42.1 Å². The molecule has 4 amide bonds. The number of sulfonamides is 1. The molecule has 1 aromatic heterocycles. The van der Waals surface area contributed by atoms with E-state index in [1.54, 1.807) is 45.9 Å². The highest BCUT2D eigenvalue weighted by Crippen LogP contribution is 2.57. The van der Waals surface area contributed by atoms with E-state index in [0.717, 1.165) is 0 Å². The summed E-state index contributed by atoms with van der Waals surface area (Å²) in [7, 11) is -2.41. The number of ether oxygens (including phenoxy) is 3. The monoisotopic (exact) mass is 719 g/mol. The van der Waals surface area contributed by atoms with Crippen LogP contribution in [0.5, 0.6) is 11.6 Å². The van der Waals surface area contributed by atoms with Crippen LogP contribution in [0, 0.1) is 5.41 Å². The number of rotatable bonds is 11. The summed E-state index contributed by atoms with van der Waals surface area (Å²) in [5.74, 6) is -1.50. The Labute approximate surface area is 290 Å². The first-order valence-electron chi connectivity index (χ1n) is 15.9. The van der Waals surface area contributed by atoms with E-state index in [9.17, 15) is 27.6 Å². The number of hydrogen-bond acceptors (Lipinski definition) is 10. The largest absolute Gasteiger partial charge is 0.494 e. The van der Waals surface area contributed by atoms with Gasteiger partial charge in [-0.25, -0.2) is 18.2 Å². The second kappa shape index (κ2) is 13.0. The van der Waals surface area contributed by atoms with Crippen molar-refractivity contribution < 1.29 is 41.8 Å². The summed E-state index contributed by atoms with van der Waals surface area (Å²) in [6.45, 7) is 11.9. The Kier molecular flexibility index (Phi) is 9.58. The van der Waals surface area contributed by atoms with Crippen molar-refractivity contribution in [1.82, 2.24) is 25.2 Å². The first-order chi connectivity index (χ1) is 22.8. The number of fused-ring (bicyclic) bond motifs is 1. The molecule has 49 heavy (non-hydrogen) atoms. The first-order valence-corrected chi connectivity index (χ1v) is 17.9. The molecule has 5 atom stereocenters. The van der Waals surface area contributed by atoms with E-state index >= 15 is 0 Å². The molecule has 0 spiro atoms. The molecule has 2 heterocycles. The van der Waals surface area contributed by atoms with Crippen LogP contribution in [0.25, 0.3) is 10.8 Å². The Hall–Kier alpha value is -4.11. The summed E-state index contributed by atoms with van der Waals surface area (Å²) in [6, 6.07) is 2.84. The van der Waals surface area contributed by atoms with Gasteiger partial charge in [-0.05, 0) is 65.2 Å². The van der Waals surface area contributed by atoms with Crippen LogP contribution < -0.4 is 24.8 Å². The molecule has 2 aromatic rings. The summed E-state index contributed by atoms with van der Waals surface area (Å²) >= 11 is 6.29. The number of benzene rings is 1. The summed E-state index contributed by atoms with van der Waals surface area (Å²) in [6.07, 6.45) is 2.37. The molecule has 5 rings (SSSR count). The van der Waals surface area contributed by atoms with Gasteiger partial charge >= 0.3 is 6.09 Å². The molecule has 266 valence electrons. The third kappa shape index (κ3) is 7.42. The fourth-order valence-corrected chi connectivity index (χ4v) is 7.58. The van der Waals surface area contributed by atoms with Crippen molar-refractivity contribution >= 4 is 56.2 Å². The van der Waals surface area contributed by atoms with Crippen LogP contribution in [0.1, 0.15) is 60.3 Å². The van der Waals surface area contributed by atoms with Crippen LogP contribution in [0.4, 0.5) is 4.79 Å². The Morgan fingerprint density at radius 2 is 1.88 bits per heavy atom. The quantitative estimate of drug-likeness (QED) is 0.292. The van der Waals surface area contributed by atoms with E-state index in [2.05, 4.69) is 26.9 Å². The number of carbonyl (C=O) groups is 4. The maximum atomic E-state index is 14.1. The van der Waals surface area contributed by atoms with Crippen LogP contribution in [0.3, 0.4) is 0 Å². The van der Waals surface area contributed by atoms with Gasteiger partial charge in [0.1, 0.15) is 35.1 Å². The minimum Gasteiger partial charge on any atom is -0.494 e. The molecule has 3 fully saturated rings. The lowest BCUT2D eigenvalue weighted by molar-refractivity contribution is -0.141. The number of nitrogens with zero attached hydrogens (tertiary/aromatic N) is 2. The molecule has 1 saturated heterocycles. The number of alkyl carbamates (subject to hydrolysis) is 1. The molecule has 0 radical (unpaired) electrons. The van der Waals surface area contributed by atoms with E-state index in [4.69, 9.17) is 25.8 Å². The highest BCUT2D eigenvalue weighted by Gasteiger charge is 2.70. The van der Waals surface area contributed by atoms with Crippen LogP contribution in [0.2, 0.25) is 5.02 Å². The van der Waals surface area contributed by atoms with Gasteiger partial charge in [0.05, 0.1) is 25.1 Å². The Balaban J connectivity index is 1.42. The van der Waals surface area contributed by atoms with Crippen molar-refractivity contribution in [2.24, 2.45) is 5.41 Å². The molecule has 0 unspecified atom stereocenters. The number of aromatic nitrogens is 1. The van der Waals surface area contributed by atoms with E-state index in [0.29, 0.717) is 34.4 Å². The van der Waals surface area contributed by atoms with Gasteiger partial charge in [0, 0.05) is 27.6 Å². The second-order valence-corrected chi connectivity index (χ2v) is 16.4. The van der Waals surface area contributed by atoms with Crippen molar-refractivity contribution in [3.63, 3.8) is 0 Å². The molecule has 2 saturated carbocycles. The molecule has 0 bridgehead atoms. The molecular weight excluding hydrogens is 678 g/mol. The predicted octanol–water partition coefficient (Wildman–Crippen LogP) is 3.22. The van der Waals surface area contributed by atoms with Gasteiger partial charge in [0.2, 0.25) is 27.7 Å². The Bertz CT molecular complexity index is 1810. The summed E-state index contributed by atoms with van der Waals surface area (Å²) in [5.41, 5.74) is -3.39. The van der Waals surface area contributed by atoms with Gasteiger partial charge in [-0.15, -0.1) is 6.58 Å². The zero-order chi connectivity index (χ0) is 36.1. The van der Waals surface area contributed by atoms with Gasteiger partial charge in [-0.1, -0.05) is 24.6 Å². The van der Waals surface area contributed by atoms with Crippen LogP contribution >= 0.6 is 11.6 Å². The number of hydrogen-bond donors (Lipinski definition) is 3. The van der Waals surface area contributed by atoms with Crippen LogP contribution in [-0.2, 0) is 29.1 Å². The summed E-state index contributed by atoms with van der Waals surface area (Å²) < 4.78 is 44.5. The van der Waals surface area contributed by atoms with Gasteiger partial charge in [0.25, 0.3) is 5.91 Å². The smallest absolute Gasteiger partial charge is 0.408 e. The number of carbonyl (C=O) groups excluding carboxylic acids is 4. The van der Waals surface area contributed by atoms with Gasteiger partial charge in [0.15, 0.2) is 0 Å². The molecule has 1 aliphatic heterocycles. The highest BCUT2D eigenvalue weighted by atomic mass is 35.5. The number of amides is 4. The maximum absolute atomic E-state index is 14.1. The minimum absolute atomic E-state index is 0.0185. The van der Waals surface area contributed by atoms with E-state index < -0.39 is 73.8 Å². The highest BCUT2D eigenvalue weighted by molar-refractivity contribution is 7.91. The fourth-order valence-electron chi connectivity index (χ4n) is 6.06.